The standard InChI is InChI=1S/C16H20FN5O/c17-14-8-6-13(7-9-14)16-19-21-22(20-16)11-15(23)18-10-12-4-2-1-3-5-12/h6-9,12H,1-5,10-11H2,(H,18,23). The van der Waals surface area contributed by atoms with Crippen molar-refractivity contribution in [2.24, 2.45) is 5.92 Å². The average Bonchev–Trinajstić information content (AvgIpc) is 3.03. The van der Waals surface area contributed by atoms with Gasteiger partial charge in [-0.05, 0) is 48.2 Å². The van der Waals surface area contributed by atoms with Gasteiger partial charge < -0.3 is 5.32 Å². The number of rotatable bonds is 5. The minimum Gasteiger partial charge on any atom is -0.354 e. The predicted molar refractivity (Wildman–Crippen MR) is 82.8 cm³/mol. The first-order chi connectivity index (χ1) is 11.2. The summed E-state index contributed by atoms with van der Waals surface area (Å²) in [5.74, 6) is 0.540. The van der Waals surface area contributed by atoms with E-state index < -0.39 is 0 Å². The van der Waals surface area contributed by atoms with Crippen molar-refractivity contribution in [3.63, 3.8) is 0 Å². The van der Waals surface area contributed by atoms with Crippen LogP contribution in [0.2, 0.25) is 0 Å². The zero-order chi connectivity index (χ0) is 16.1. The number of halogens is 1. The van der Waals surface area contributed by atoms with E-state index in [1.165, 1.54) is 49.0 Å². The molecule has 0 unspecified atom stereocenters. The molecule has 0 saturated heterocycles. The quantitative estimate of drug-likeness (QED) is 0.917. The van der Waals surface area contributed by atoms with Gasteiger partial charge >= 0.3 is 0 Å². The zero-order valence-corrected chi connectivity index (χ0v) is 12.9. The summed E-state index contributed by atoms with van der Waals surface area (Å²) in [6, 6.07) is 5.85. The van der Waals surface area contributed by atoms with Crippen LogP contribution in [0.1, 0.15) is 32.1 Å². The second-order valence-electron chi connectivity index (χ2n) is 5.96. The molecule has 0 radical (unpaired) electrons. The maximum atomic E-state index is 12.9. The number of tetrazole rings is 1. The summed E-state index contributed by atoms with van der Waals surface area (Å²) < 4.78 is 12.9. The molecule has 6 nitrogen and oxygen atoms in total. The van der Waals surface area contributed by atoms with Crippen LogP contribution in [-0.4, -0.2) is 32.7 Å². The van der Waals surface area contributed by atoms with Gasteiger partial charge in [0, 0.05) is 12.1 Å². The highest BCUT2D eigenvalue weighted by Gasteiger charge is 2.15. The molecule has 1 aliphatic carbocycles. The molecule has 1 aromatic heterocycles. The van der Waals surface area contributed by atoms with Crippen molar-refractivity contribution in [1.82, 2.24) is 25.5 Å². The number of hydrogen-bond donors (Lipinski definition) is 1. The van der Waals surface area contributed by atoms with Gasteiger partial charge in [0.05, 0.1) is 0 Å². The van der Waals surface area contributed by atoms with Crippen LogP contribution in [0.15, 0.2) is 24.3 Å². The summed E-state index contributed by atoms with van der Waals surface area (Å²) in [4.78, 5) is 13.2. The highest BCUT2D eigenvalue weighted by Crippen LogP contribution is 2.22. The first-order valence-corrected chi connectivity index (χ1v) is 8.01. The Balaban J connectivity index is 1.51. The van der Waals surface area contributed by atoms with Crippen LogP contribution in [0.4, 0.5) is 4.39 Å². The summed E-state index contributed by atoms with van der Waals surface area (Å²) in [5, 5.41) is 14.9. The SMILES string of the molecule is O=C(Cn1nnc(-c2ccc(F)cc2)n1)NCC1CCCCC1. The lowest BCUT2D eigenvalue weighted by Crippen LogP contribution is -2.33. The molecule has 0 atom stereocenters. The van der Waals surface area contributed by atoms with Crippen molar-refractivity contribution in [2.75, 3.05) is 6.54 Å². The Hall–Kier alpha value is -2.31. The maximum Gasteiger partial charge on any atom is 0.243 e. The van der Waals surface area contributed by atoms with Crippen LogP contribution in [-0.2, 0) is 11.3 Å². The smallest absolute Gasteiger partial charge is 0.243 e. The zero-order valence-electron chi connectivity index (χ0n) is 12.9. The summed E-state index contributed by atoms with van der Waals surface area (Å²) in [7, 11) is 0. The largest absolute Gasteiger partial charge is 0.354 e. The van der Waals surface area contributed by atoms with Gasteiger partial charge in [-0.15, -0.1) is 10.2 Å². The van der Waals surface area contributed by atoms with Gasteiger partial charge in [0.1, 0.15) is 12.4 Å². The second kappa shape index (κ2) is 7.30. The van der Waals surface area contributed by atoms with Gasteiger partial charge in [-0.3, -0.25) is 4.79 Å². The molecule has 7 heteroatoms. The predicted octanol–water partition coefficient (Wildman–Crippen LogP) is 2.18. The number of carbonyl (C=O) groups excluding carboxylic acids is 1. The second-order valence-corrected chi connectivity index (χ2v) is 5.96. The molecule has 1 saturated carbocycles. The van der Waals surface area contributed by atoms with E-state index in [4.69, 9.17) is 0 Å². The van der Waals surface area contributed by atoms with Crippen LogP contribution in [0.3, 0.4) is 0 Å². The van der Waals surface area contributed by atoms with E-state index in [1.54, 1.807) is 12.1 Å². The first kappa shape index (κ1) is 15.6. The fourth-order valence-electron chi connectivity index (χ4n) is 2.86. The molecule has 2 aromatic rings. The summed E-state index contributed by atoms with van der Waals surface area (Å²) in [6.45, 7) is 0.763. The molecule has 23 heavy (non-hydrogen) atoms. The van der Waals surface area contributed by atoms with Crippen molar-refractivity contribution in [1.29, 1.82) is 0 Å². The summed E-state index contributed by atoms with van der Waals surface area (Å²) in [6.07, 6.45) is 6.20. The molecule has 1 amide bonds. The Morgan fingerprint density at radius 2 is 1.96 bits per heavy atom. The van der Waals surface area contributed by atoms with Gasteiger partial charge in [-0.25, -0.2) is 4.39 Å². The normalized spacial score (nSPS) is 15.5. The molecule has 122 valence electrons. The molecule has 0 aliphatic heterocycles. The Kier molecular flexibility index (Phi) is 4.95. The number of nitrogens with one attached hydrogen (secondary N) is 1. The fraction of sp³-hybridized carbons (Fsp3) is 0.500. The number of hydrogen-bond acceptors (Lipinski definition) is 4. The summed E-state index contributed by atoms with van der Waals surface area (Å²) >= 11 is 0. The van der Waals surface area contributed by atoms with Gasteiger partial charge in [0.2, 0.25) is 11.7 Å². The lowest BCUT2D eigenvalue weighted by molar-refractivity contribution is -0.122. The Morgan fingerprint density at radius 1 is 1.22 bits per heavy atom. The van der Waals surface area contributed by atoms with E-state index in [-0.39, 0.29) is 18.3 Å². The van der Waals surface area contributed by atoms with Crippen molar-refractivity contribution in [3.05, 3.63) is 30.1 Å². The first-order valence-electron chi connectivity index (χ1n) is 8.01. The van der Waals surface area contributed by atoms with Gasteiger partial charge in [0.15, 0.2) is 0 Å². The number of aromatic nitrogens is 4. The van der Waals surface area contributed by atoms with E-state index in [2.05, 4.69) is 20.7 Å². The molecule has 1 fully saturated rings. The third-order valence-electron chi connectivity index (χ3n) is 4.15. The number of carbonyl (C=O) groups is 1. The van der Waals surface area contributed by atoms with E-state index in [1.807, 2.05) is 0 Å². The molecule has 0 spiro atoms. The topological polar surface area (TPSA) is 72.7 Å². The number of nitrogens with zero attached hydrogens (tertiary/aromatic N) is 4. The number of benzene rings is 1. The minimum absolute atomic E-state index is 0.0426. The molecular formula is C16H20FN5O. The third-order valence-corrected chi connectivity index (χ3v) is 4.15. The molecule has 1 N–H and O–H groups in total. The van der Waals surface area contributed by atoms with E-state index in [0.29, 0.717) is 17.3 Å². The molecular weight excluding hydrogens is 297 g/mol. The van der Waals surface area contributed by atoms with Crippen molar-refractivity contribution in [3.8, 4) is 11.4 Å². The van der Waals surface area contributed by atoms with Crippen molar-refractivity contribution >= 4 is 5.91 Å². The highest BCUT2D eigenvalue weighted by molar-refractivity contribution is 5.75. The maximum absolute atomic E-state index is 12.9. The van der Waals surface area contributed by atoms with Gasteiger partial charge in [-0.2, -0.15) is 4.80 Å². The average molecular weight is 317 g/mol. The lowest BCUT2D eigenvalue weighted by Gasteiger charge is -2.21. The molecule has 1 aliphatic rings. The van der Waals surface area contributed by atoms with Crippen LogP contribution < -0.4 is 5.32 Å². The van der Waals surface area contributed by atoms with Crippen LogP contribution in [0.25, 0.3) is 11.4 Å². The van der Waals surface area contributed by atoms with Crippen LogP contribution in [0.5, 0.6) is 0 Å². The van der Waals surface area contributed by atoms with Gasteiger partial charge in [-0.1, -0.05) is 19.3 Å². The van der Waals surface area contributed by atoms with E-state index >= 15 is 0 Å². The van der Waals surface area contributed by atoms with Crippen molar-refractivity contribution < 1.29 is 9.18 Å². The molecule has 0 bridgehead atoms. The number of amides is 1. The molecule has 1 heterocycles. The Bertz CT molecular complexity index is 649. The van der Waals surface area contributed by atoms with E-state index in [0.717, 1.165) is 6.54 Å². The van der Waals surface area contributed by atoms with E-state index in [9.17, 15) is 9.18 Å². The highest BCUT2D eigenvalue weighted by atomic mass is 19.1. The van der Waals surface area contributed by atoms with Crippen molar-refractivity contribution in [2.45, 2.75) is 38.6 Å². The molecule has 3 rings (SSSR count). The Labute approximate surface area is 134 Å². The monoisotopic (exact) mass is 317 g/mol. The summed E-state index contributed by atoms with van der Waals surface area (Å²) in [5.41, 5.74) is 0.667. The van der Waals surface area contributed by atoms with Crippen LogP contribution >= 0.6 is 0 Å². The Morgan fingerprint density at radius 3 is 2.70 bits per heavy atom. The fourth-order valence-corrected chi connectivity index (χ4v) is 2.86. The third kappa shape index (κ3) is 4.34. The minimum atomic E-state index is -0.316. The molecule has 1 aromatic carbocycles. The van der Waals surface area contributed by atoms with Gasteiger partial charge in [0.25, 0.3) is 0 Å². The lowest BCUT2D eigenvalue weighted by atomic mass is 9.89. The van der Waals surface area contributed by atoms with Crippen LogP contribution in [0, 0.1) is 11.7 Å².